The van der Waals surface area contributed by atoms with Gasteiger partial charge in [0.15, 0.2) is 0 Å². The van der Waals surface area contributed by atoms with Crippen molar-refractivity contribution < 1.29 is 0 Å². The van der Waals surface area contributed by atoms with Crippen molar-refractivity contribution in [3.63, 3.8) is 0 Å². The highest BCUT2D eigenvalue weighted by Gasteiger charge is 2.22. The Hall–Kier alpha value is -0.520. The minimum Gasteiger partial charge on any atom is -0.271 e. The number of rotatable bonds is 2. The van der Waals surface area contributed by atoms with E-state index < -0.39 is 0 Å². The van der Waals surface area contributed by atoms with Crippen molar-refractivity contribution in [2.75, 3.05) is 0 Å². The average Bonchev–Trinajstić information content (AvgIpc) is 1.93. The second-order valence-electron chi connectivity index (χ2n) is 5.84. The molecule has 0 spiro atoms. The van der Waals surface area contributed by atoms with Crippen LogP contribution in [-0.4, -0.2) is 6.04 Å². The molecule has 3 N–H and O–H groups in total. The summed E-state index contributed by atoms with van der Waals surface area (Å²) in [6.45, 7) is 12.8. The smallest absolute Gasteiger partial charge is 0.0368 e. The third kappa shape index (κ3) is 6.01. The summed E-state index contributed by atoms with van der Waals surface area (Å²) in [6.07, 6.45) is 0.803. The van der Waals surface area contributed by atoms with Gasteiger partial charge in [-0.2, -0.15) is 0 Å². The standard InChI is InChI=1S/C12H24N2/c1-11(2,3)9-7-8-10(14-13)12(4,5)6/h10,14H,8,13H2,1-6H3. The number of hydrogen-bond donors (Lipinski definition) is 2. The normalized spacial score (nSPS) is 14.5. The molecule has 0 aliphatic heterocycles. The molecule has 2 nitrogen and oxygen atoms in total. The van der Waals surface area contributed by atoms with Crippen molar-refractivity contribution in [3.8, 4) is 11.8 Å². The average molecular weight is 196 g/mol. The van der Waals surface area contributed by atoms with E-state index in [1.165, 1.54) is 0 Å². The molecular formula is C12H24N2. The van der Waals surface area contributed by atoms with Gasteiger partial charge in [0.2, 0.25) is 0 Å². The van der Waals surface area contributed by atoms with Crippen LogP contribution in [0.3, 0.4) is 0 Å². The van der Waals surface area contributed by atoms with Crippen LogP contribution in [0.2, 0.25) is 0 Å². The van der Waals surface area contributed by atoms with Crippen molar-refractivity contribution in [3.05, 3.63) is 0 Å². The monoisotopic (exact) mass is 196 g/mol. The summed E-state index contributed by atoms with van der Waals surface area (Å²) in [5.41, 5.74) is 3.06. The van der Waals surface area contributed by atoms with Crippen LogP contribution in [0.25, 0.3) is 0 Å². The van der Waals surface area contributed by atoms with E-state index in [0.29, 0.717) is 0 Å². The number of nitrogens with one attached hydrogen (secondary N) is 1. The molecular weight excluding hydrogens is 172 g/mol. The fourth-order valence-corrected chi connectivity index (χ4v) is 1.03. The Balaban J connectivity index is 4.28. The lowest BCUT2D eigenvalue weighted by molar-refractivity contribution is 0.274. The minimum absolute atomic E-state index is 0.0804. The zero-order valence-electron chi connectivity index (χ0n) is 10.4. The first kappa shape index (κ1) is 13.5. The van der Waals surface area contributed by atoms with E-state index >= 15 is 0 Å². The van der Waals surface area contributed by atoms with Crippen LogP contribution >= 0.6 is 0 Å². The molecule has 0 aliphatic carbocycles. The van der Waals surface area contributed by atoms with Crippen LogP contribution in [0.4, 0.5) is 0 Å². The first-order valence-corrected chi connectivity index (χ1v) is 5.13. The molecule has 0 amide bonds. The Morgan fingerprint density at radius 1 is 1.14 bits per heavy atom. The summed E-state index contributed by atoms with van der Waals surface area (Å²) < 4.78 is 0. The molecule has 1 unspecified atom stereocenters. The summed E-state index contributed by atoms with van der Waals surface area (Å²) in [7, 11) is 0. The second kappa shape index (κ2) is 4.82. The van der Waals surface area contributed by atoms with Crippen LogP contribution in [0.15, 0.2) is 0 Å². The van der Waals surface area contributed by atoms with Gasteiger partial charge in [0.25, 0.3) is 0 Å². The molecule has 0 saturated heterocycles. The van der Waals surface area contributed by atoms with Gasteiger partial charge >= 0.3 is 0 Å². The topological polar surface area (TPSA) is 38.0 Å². The third-order valence-corrected chi connectivity index (χ3v) is 2.02. The van der Waals surface area contributed by atoms with Crippen LogP contribution in [0, 0.1) is 22.7 Å². The summed E-state index contributed by atoms with van der Waals surface area (Å²) in [4.78, 5) is 0. The maximum Gasteiger partial charge on any atom is 0.0368 e. The maximum absolute atomic E-state index is 5.49. The molecule has 82 valence electrons. The highest BCUT2D eigenvalue weighted by molar-refractivity contribution is 5.09. The highest BCUT2D eigenvalue weighted by atomic mass is 15.2. The van der Waals surface area contributed by atoms with Crippen molar-refractivity contribution in [2.24, 2.45) is 16.7 Å². The lowest BCUT2D eigenvalue weighted by Gasteiger charge is -2.28. The largest absolute Gasteiger partial charge is 0.271 e. The van der Waals surface area contributed by atoms with Crippen LogP contribution < -0.4 is 11.3 Å². The summed E-state index contributed by atoms with van der Waals surface area (Å²) in [6, 6.07) is 0.248. The zero-order chi connectivity index (χ0) is 11.4. The zero-order valence-corrected chi connectivity index (χ0v) is 10.4. The molecule has 0 rings (SSSR count). The van der Waals surface area contributed by atoms with Gasteiger partial charge in [-0.25, -0.2) is 0 Å². The van der Waals surface area contributed by atoms with Gasteiger partial charge in [0.1, 0.15) is 0 Å². The van der Waals surface area contributed by atoms with Crippen molar-refractivity contribution >= 4 is 0 Å². The molecule has 1 atom stereocenters. The van der Waals surface area contributed by atoms with Crippen molar-refractivity contribution in [1.29, 1.82) is 0 Å². The van der Waals surface area contributed by atoms with E-state index in [1.807, 2.05) is 0 Å². The Kier molecular flexibility index (Phi) is 4.64. The van der Waals surface area contributed by atoms with Crippen molar-refractivity contribution in [1.82, 2.24) is 5.43 Å². The van der Waals surface area contributed by atoms with Crippen LogP contribution in [0.1, 0.15) is 48.0 Å². The first-order valence-electron chi connectivity index (χ1n) is 5.13. The quantitative estimate of drug-likeness (QED) is 0.404. The van der Waals surface area contributed by atoms with Crippen molar-refractivity contribution in [2.45, 2.75) is 54.0 Å². The van der Waals surface area contributed by atoms with Gasteiger partial charge in [-0.3, -0.25) is 11.3 Å². The molecule has 0 saturated carbocycles. The molecule has 0 aliphatic rings. The Morgan fingerprint density at radius 2 is 1.64 bits per heavy atom. The molecule has 2 heteroatoms. The van der Waals surface area contributed by atoms with E-state index in [9.17, 15) is 0 Å². The molecule has 0 heterocycles. The van der Waals surface area contributed by atoms with E-state index in [4.69, 9.17) is 5.84 Å². The molecule has 0 aromatic carbocycles. The molecule has 0 fully saturated rings. The Labute approximate surface area is 88.6 Å². The van der Waals surface area contributed by atoms with Gasteiger partial charge < -0.3 is 0 Å². The summed E-state index contributed by atoms with van der Waals surface area (Å²) in [5, 5.41) is 0. The fourth-order valence-electron chi connectivity index (χ4n) is 1.03. The van der Waals surface area contributed by atoms with E-state index in [-0.39, 0.29) is 16.9 Å². The SMILES string of the molecule is CC(C)(C)C#CCC(NN)C(C)(C)C. The first-order chi connectivity index (χ1) is 6.17. The molecule has 0 aromatic heterocycles. The predicted octanol–water partition coefficient (Wildman–Crippen LogP) is 2.30. The highest BCUT2D eigenvalue weighted by Crippen LogP contribution is 2.21. The van der Waals surface area contributed by atoms with E-state index in [0.717, 1.165) is 6.42 Å². The van der Waals surface area contributed by atoms with Gasteiger partial charge in [-0.05, 0) is 26.2 Å². The number of nitrogens with two attached hydrogens (primary N) is 1. The molecule has 0 aromatic rings. The summed E-state index contributed by atoms with van der Waals surface area (Å²) >= 11 is 0. The Morgan fingerprint density at radius 3 is 1.93 bits per heavy atom. The summed E-state index contributed by atoms with van der Waals surface area (Å²) in [5.74, 6) is 11.9. The Bertz CT molecular complexity index is 219. The van der Waals surface area contributed by atoms with Gasteiger partial charge in [0.05, 0.1) is 0 Å². The van der Waals surface area contributed by atoms with Gasteiger partial charge in [-0.1, -0.05) is 26.7 Å². The number of hydrogen-bond acceptors (Lipinski definition) is 2. The number of hydrazine groups is 1. The van der Waals surface area contributed by atoms with Gasteiger partial charge in [-0.15, -0.1) is 5.92 Å². The molecule has 0 radical (unpaired) electrons. The molecule has 14 heavy (non-hydrogen) atoms. The fraction of sp³-hybridized carbons (Fsp3) is 0.833. The lowest BCUT2D eigenvalue weighted by atomic mass is 9.85. The van der Waals surface area contributed by atoms with Gasteiger partial charge in [0, 0.05) is 17.9 Å². The van der Waals surface area contributed by atoms with E-state index in [2.05, 4.69) is 58.8 Å². The van der Waals surface area contributed by atoms with Crippen LogP contribution in [0.5, 0.6) is 0 Å². The maximum atomic E-state index is 5.49. The molecule has 0 bridgehead atoms. The lowest BCUT2D eigenvalue weighted by Crippen LogP contribution is -2.44. The predicted molar refractivity (Wildman–Crippen MR) is 62.4 cm³/mol. The second-order valence-corrected chi connectivity index (χ2v) is 5.84. The third-order valence-electron chi connectivity index (χ3n) is 2.02. The van der Waals surface area contributed by atoms with E-state index in [1.54, 1.807) is 0 Å². The minimum atomic E-state index is 0.0804. The van der Waals surface area contributed by atoms with Crippen LogP contribution in [-0.2, 0) is 0 Å².